The number of esters is 1. The van der Waals surface area contributed by atoms with Crippen LogP contribution in [0.2, 0.25) is 0 Å². The Labute approximate surface area is 136 Å². The number of carbonyl (C=O) groups excluding carboxylic acids is 1. The Bertz CT molecular complexity index is 509. The number of aliphatic carboxylic acids is 1. The minimum atomic E-state index is -1.24. The van der Waals surface area contributed by atoms with E-state index in [9.17, 15) is 9.59 Å². The Morgan fingerprint density at radius 1 is 1.22 bits per heavy atom. The summed E-state index contributed by atoms with van der Waals surface area (Å²) >= 11 is 0. The van der Waals surface area contributed by atoms with Gasteiger partial charge in [0.25, 0.3) is 0 Å². The van der Waals surface area contributed by atoms with E-state index in [1.807, 2.05) is 0 Å². The van der Waals surface area contributed by atoms with Crippen LogP contribution < -0.4 is 0 Å². The molecule has 1 rings (SSSR count). The number of carboxylic acids is 1. The predicted molar refractivity (Wildman–Crippen MR) is 85.4 cm³/mol. The Balaban J connectivity index is 2.28. The first-order chi connectivity index (χ1) is 11.0. The van der Waals surface area contributed by atoms with Gasteiger partial charge in [-0.25, -0.2) is 19.3 Å². The molecule has 0 aromatic carbocycles. The van der Waals surface area contributed by atoms with Crippen molar-refractivity contribution >= 4 is 17.6 Å². The Kier molecular flexibility index (Phi) is 8.64. The molecule has 1 heterocycles. The maximum absolute atomic E-state index is 11.9. The lowest BCUT2D eigenvalue weighted by molar-refractivity contribution is -0.138. The molecule has 0 saturated heterocycles. The zero-order chi connectivity index (χ0) is 17.1. The van der Waals surface area contributed by atoms with Gasteiger partial charge < -0.3 is 9.84 Å². The van der Waals surface area contributed by atoms with Gasteiger partial charge in [-0.2, -0.15) is 5.10 Å². The van der Waals surface area contributed by atoms with Crippen molar-refractivity contribution in [1.82, 2.24) is 14.8 Å². The van der Waals surface area contributed by atoms with E-state index in [4.69, 9.17) is 9.84 Å². The highest BCUT2D eigenvalue weighted by Crippen LogP contribution is 2.11. The third-order valence-electron chi connectivity index (χ3n) is 3.29. The third-order valence-corrected chi connectivity index (χ3v) is 3.29. The van der Waals surface area contributed by atoms with Crippen molar-refractivity contribution in [3.05, 3.63) is 18.7 Å². The molecule has 128 valence electrons. The van der Waals surface area contributed by atoms with Crippen LogP contribution in [0.25, 0.3) is 5.70 Å². The number of nitrogens with zero attached hydrogens (tertiary/aromatic N) is 3. The molecule has 0 aliphatic carbocycles. The van der Waals surface area contributed by atoms with Gasteiger partial charge >= 0.3 is 11.9 Å². The van der Waals surface area contributed by atoms with E-state index in [2.05, 4.69) is 23.9 Å². The van der Waals surface area contributed by atoms with Gasteiger partial charge in [-0.1, -0.05) is 46.0 Å². The molecule has 0 atom stereocenters. The summed E-state index contributed by atoms with van der Waals surface area (Å²) in [5, 5.41) is 12.6. The summed E-state index contributed by atoms with van der Waals surface area (Å²) in [7, 11) is 0. The van der Waals surface area contributed by atoms with E-state index in [1.54, 1.807) is 0 Å². The van der Waals surface area contributed by atoms with Crippen molar-refractivity contribution in [3.63, 3.8) is 0 Å². The molecule has 0 aliphatic rings. The maximum atomic E-state index is 11.9. The van der Waals surface area contributed by atoms with Crippen LogP contribution in [0.1, 0.15) is 52.4 Å². The molecule has 0 amide bonds. The monoisotopic (exact) mass is 323 g/mol. The largest absolute Gasteiger partial charge is 0.478 e. The lowest BCUT2D eigenvalue weighted by atomic mass is 10.0. The van der Waals surface area contributed by atoms with Crippen LogP contribution in [0.4, 0.5) is 0 Å². The van der Waals surface area contributed by atoms with Gasteiger partial charge in [0.15, 0.2) is 5.70 Å². The van der Waals surface area contributed by atoms with Gasteiger partial charge in [0.05, 0.1) is 12.7 Å². The SMILES string of the molecule is CC(C)CCCCCCCOC(=O)C(=CC(=O)O)n1cncn1. The van der Waals surface area contributed by atoms with Crippen molar-refractivity contribution < 1.29 is 19.4 Å². The molecule has 1 aromatic rings. The van der Waals surface area contributed by atoms with Crippen LogP contribution in [0, 0.1) is 5.92 Å². The number of unbranched alkanes of at least 4 members (excludes halogenated alkanes) is 4. The lowest BCUT2D eigenvalue weighted by Crippen LogP contribution is -2.15. The molecule has 7 heteroatoms. The van der Waals surface area contributed by atoms with Gasteiger partial charge in [-0.3, -0.25) is 0 Å². The van der Waals surface area contributed by atoms with E-state index in [-0.39, 0.29) is 12.3 Å². The van der Waals surface area contributed by atoms with Crippen molar-refractivity contribution in [2.45, 2.75) is 52.4 Å². The highest BCUT2D eigenvalue weighted by atomic mass is 16.5. The molecule has 7 nitrogen and oxygen atoms in total. The molecule has 0 aliphatic heterocycles. The summed E-state index contributed by atoms with van der Waals surface area (Å²) in [6.07, 6.45) is 9.79. The van der Waals surface area contributed by atoms with Gasteiger partial charge in [0.1, 0.15) is 12.7 Å². The van der Waals surface area contributed by atoms with Crippen molar-refractivity contribution in [2.24, 2.45) is 5.92 Å². The van der Waals surface area contributed by atoms with Gasteiger partial charge in [0.2, 0.25) is 0 Å². The molecule has 0 unspecified atom stereocenters. The van der Waals surface area contributed by atoms with Crippen LogP contribution in [0.5, 0.6) is 0 Å². The van der Waals surface area contributed by atoms with Crippen LogP contribution in [0.15, 0.2) is 18.7 Å². The van der Waals surface area contributed by atoms with E-state index in [0.717, 1.165) is 35.9 Å². The van der Waals surface area contributed by atoms with E-state index >= 15 is 0 Å². The summed E-state index contributed by atoms with van der Waals surface area (Å²) in [5.74, 6) is -1.21. The fraction of sp³-hybridized carbons (Fsp3) is 0.625. The van der Waals surface area contributed by atoms with Crippen molar-refractivity contribution in [3.8, 4) is 0 Å². The fourth-order valence-corrected chi connectivity index (χ4v) is 2.09. The molecule has 0 saturated carbocycles. The Hall–Kier alpha value is -2.18. The minimum Gasteiger partial charge on any atom is -0.478 e. The third kappa shape index (κ3) is 8.13. The van der Waals surface area contributed by atoms with Crippen LogP contribution in [-0.4, -0.2) is 38.4 Å². The first kappa shape index (κ1) is 18.9. The predicted octanol–water partition coefficient (Wildman–Crippen LogP) is 2.74. The smallest absolute Gasteiger partial charge is 0.357 e. The maximum Gasteiger partial charge on any atom is 0.357 e. The average molecular weight is 323 g/mol. The Morgan fingerprint density at radius 3 is 2.52 bits per heavy atom. The number of rotatable bonds is 11. The molecule has 0 bridgehead atoms. The summed E-state index contributed by atoms with van der Waals surface area (Å²) < 4.78 is 6.20. The second-order valence-corrected chi connectivity index (χ2v) is 5.79. The van der Waals surface area contributed by atoms with Crippen LogP contribution in [-0.2, 0) is 14.3 Å². The molecular formula is C16H25N3O4. The summed E-state index contributed by atoms with van der Waals surface area (Å²) in [6, 6.07) is 0. The molecule has 0 spiro atoms. The van der Waals surface area contributed by atoms with E-state index < -0.39 is 11.9 Å². The standard InChI is InChI=1S/C16H25N3O4/c1-13(2)8-6-4-3-5-7-9-23-16(22)14(10-15(20)21)19-12-17-11-18-19/h10-13H,3-9H2,1-2H3,(H,20,21). The highest BCUT2D eigenvalue weighted by Gasteiger charge is 2.15. The first-order valence-electron chi connectivity index (χ1n) is 7.97. The zero-order valence-electron chi connectivity index (χ0n) is 13.8. The zero-order valence-corrected chi connectivity index (χ0v) is 13.8. The minimum absolute atomic E-state index is 0.160. The number of ether oxygens (including phenoxy) is 1. The Morgan fingerprint density at radius 2 is 1.91 bits per heavy atom. The summed E-state index contributed by atoms with van der Waals surface area (Å²) in [6.45, 7) is 4.71. The molecule has 0 fully saturated rings. The quantitative estimate of drug-likeness (QED) is 0.382. The molecular weight excluding hydrogens is 298 g/mol. The van der Waals surface area contributed by atoms with Crippen molar-refractivity contribution in [2.75, 3.05) is 6.61 Å². The summed E-state index contributed by atoms with van der Waals surface area (Å²) in [4.78, 5) is 26.4. The van der Waals surface area contributed by atoms with E-state index in [0.29, 0.717) is 0 Å². The second-order valence-electron chi connectivity index (χ2n) is 5.79. The van der Waals surface area contributed by atoms with Crippen LogP contribution in [0.3, 0.4) is 0 Å². The lowest BCUT2D eigenvalue weighted by Gasteiger charge is -2.08. The van der Waals surface area contributed by atoms with Crippen molar-refractivity contribution in [1.29, 1.82) is 0 Å². The number of hydrogen-bond donors (Lipinski definition) is 1. The molecule has 0 radical (unpaired) electrons. The molecule has 23 heavy (non-hydrogen) atoms. The van der Waals surface area contributed by atoms with Gasteiger partial charge in [0, 0.05) is 0 Å². The van der Waals surface area contributed by atoms with Gasteiger partial charge in [-0.05, 0) is 12.3 Å². The topological polar surface area (TPSA) is 94.3 Å². The highest BCUT2D eigenvalue weighted by molar-refractivity contribution is 6.14. The normalized spacial score (nSPS) is 11.7. The van der Waals surface area contributed by atoms with E-state index in [1.165, 1.54) is 31.9 Å². The number of carboxylic acid groups (broad SMARTS) is 1. The molecule has 1 N–H and O–H groups in total. The summed E-state index contributed by atoms with van der Waals surface area (Å²) in [5.41, 5.74) is -0.160. The fourth-order valence-electron chi connectivity index (χ4n) is 2.09. The number of carbonyl (C=O) groups is 2. The van der Waals surface area contributed by atoms with Crippen LogP contribution >= 0.6 is 0 Å². The first-order valence-corrected chi connectivity index (χ1v) is 7.97. The average Bonchev–Trinajstić information content (AvgIpc) is 3.00. The van der Waals surface area contributed by atoms with Gasteiger partial charge in [-0.15, -0.1) is 0 Å². The number of aromatic nitrogens is 3. The number of hydrogen-bond acceptors (Lipinski definition) is 5. The second kappa shape index (κ2) is 10.5. The molecule has 1 aromatic heterocycles.